The number of benzene rings is 1. The fourth-order valence-electron chi connectivity index (χ4n) is 3.27. The number of imidazole rings is 1. The van der Waals surface area contributed by atoms with Crippen LogP contribution in [0.15, 0.2) is 42.6 Å². The number of nitrogen functional groups attached to an aromatic ring is 1. The molecular formula is C18H22N6. The molecule has 0 amide bonds. The van der Waals surface area contributed by atoms with Crippen molar-refractivity contribution in [2.45, 2.75) is 37.8 Å². The SMILES string of the molecule is Nc1ccc(-c2cnc3ccc(NC4CCC(N)CC4)nn23)cc1. The van der Waals surface area contributed by atoms with Crippen LogP contribution in [0, 0.1) is 0 Å². The first-order valence-corrected chi connectivity index (χ1v) is 8.42. The van der Waals surface area contributed by atoms with E-state index < -0.39 is 0 Å². The van der Waals surface area contributed by atoms with E-state index >= 15 is 0 Å². The first-order chi connectivity index (χ1) is 11.7. The maximum atomic E-state index is 5.98. The van der Waals surface area contributed by atoms with Gasteiger partial charge in [-0.2, -0.15) is 0 Å². The molecular weight excluding hydrogens is 300 g/mol. The number of hydrogen-bond donors (Lipinski definition) is 3. The molecule has 5 N–H and O–H groups in total. The first-order valence-electron chi connectivity index (χ1n) is 8.42. The Morgan fingerprint density at radius 3 is 2.50 bits per heavy atom. The number of nitrogens with two attached hydrogens (primary N) is 2. The van der Waals surface area contributed by atoms with Crippen LogP contribution in [-0.4, -0.2) is 26.7 Å². The zero-order valence-electron chi connectivity index (χ0n) is 13.5. The third-order valence-electron chi connectivity index (χ3n) is 4.69. The second-order valence-electron chi connectivity index (χ2n) is 6.51. The van der Waals surface area contributed by atoms with Crippen LogP contribution < -0.4 is 16.8 Å². The van der Waals surface area contributed by atoms with Crippen LogP contribution in [0.4, 0.5) is 11.5 Å². The zero-order chi connectivity index (χ0) is 16.5. The third-order valence-corrected chi connectivity index (χ3v) is 4.69. The van der Waals surface area contributed by atoms with Crippen molar-refractivity contribution in [2.75, 3.05) is 11.1 Å². The number of fused-ring (bicyclic) bond motifs is 1. The van der Waals surface area contributed by atoms with Crippen LogP contribution in [0.5, 0.6) is 0 Å². The average molecular weight is 322 g/mol. The molecule has 3 aromatic rings. The van der Waals surface area contributed by atoms with E-state index in [-0.39, 0.29) is 0 Å². The normalized spacial score (nSPS) is 21.0. The molecule has 0 atom stereocenters. The Morgan fingerprint density at radius 2 is 1.75 bits per heavy atom. The Bertz CT molecular complexity index is 830. The van der Waals surface area contributed by atoms with Crippen LogP contribution in [0.25, 0.3) is 16.9 Å². The number of aromatic nitrogens is 3. The fourth-order valence-corrected chi connectivity index (χ4v) is 3.27. The summed E-state index contributed by atoms with van der Waals surface area (Å²) in [7, 11) is 0. The summed E-state index contributed by atoms with van der Waals surface area (Å²) >= 11 is 0. The molecule has 6 heteroatoms. The molecule has 2 aromatic heterocycles. The van der Waals surface area contributed by atoms with E-state index in [0.29, 0.717) is 12.1 Å². The van der Waals surface area contributed by atoms with E-state index in [1.165, 1.54) is 0 Å². The third kappa shape index (κ3) is 2.92. The summed E-state index contributed by atoms with van der Waals surface area (Å²) in [6, 6.07) is 12.5. The number of hydrogen-bond acceptors (Lipinski definition) is 5. The van der Waals surface area contributed by atoms with E-state index in [1.54, 1.807) is 0 Å². The van der Waals surface area contributed by atoms with Crippen LogP contribution in [-0.2, 0) is 0 Å². The molecule has 6 nitrogen and oxygen atoms in total. The quantitative estimate of drug-likeness (QED) is 0.645. The van der Waals surface area contributed by atoms with E-state index in [2.05, 4.69) is 10.3 Å². The molecule has 1 aliphatic carbocycles. The lowest BCUT2D eigenvalue weighted by Crippen LogP contribution is -2.33. The lowest BCUT2D eigenvalue weighted by atomic mass is 9.92. The van der Waals surface area contributed by atoms with Crippen LogP contribution >= 0.6 is 0 Å². The van der Waals surface area contributed by atoms with E-state index in [0.717, 1.165) is 54.1 Å². The van der Waals surface area contributed by atoms with Gasteiger partial charge >= 0.3 is 0 Å². The van der Waals surface area contributed by atoms with Crippen molar-refractivity contribution < 1.29 is 0 Å². The molecule has 1 aliphatic rings. The molecule has 124 valence electrons. The molecule has 0 saturated heterocycles. The lowest BCUT2D eigenvalue weighted by Gasteiger charge is -2.27. The summed E-state index contributed by atoms with van der Waals surface area (Å²) in [6.07, 6.45) is 6.17. The maximum Gasteiger partial charge on any atom is 0.154 e. The molecule has 1 saturated carbocycles. The van der Waals surface area contributed by atoms with Gasteiger partial charge in [0.2, 0.25) is 0 Å². The molecule has 0 unspecified atom stereocenters. The van der Waals surface area contributed by atoms with Crippen LogP contribution in [0.3, 0.4) is 0 Å². The summed E-state index contributed by atoms with van der Waals surface area (Å²) in [5, 5.41) is 8.26. The largest absolute Gasteiger partial charge is 0.399 e. The molecule has 4 rings (SSSR count). The number of anilines is 2. The van der Waals surface area contributed by atoms with Gasteiger partial charge in [0.05, 0.1) is 11.9 Å². The topological polar surface area (TPSA) is 94.3 Å². The Morgan fingerprint density at radius 1 is 1.00 bits per heavy atom. The highest BCUT2D eigenvalue weighted by Gasteiger charge is 2.19. The smallest absolute Gasteiger partial charge is 0.154 e. The monoisotopic (exact) mass is 322 g/mol. The Kier molecular flexibility index (Phi) is 3.82. The highest BCUT2D eigenvalue weighted by molar-refractivity contribution is 5.65. The highest BCUT2D eigenvalue weighted by Crippen LogP contribution is 2.23. The van der Waals surface area contributed by atoms with Crippen molar-refractivity contribution >= 4 is 17.2 Å². The van der Waals surface area contributed by atoms with Crippen LogP contribution in [0.1, 0.15) is 25.7 Å². The molecule has 0 aliphatic heterocycles. The molecule has 1 aromatic carbocycles. The molecule has 2 heterocycles. The lowest BCUT2D eigenvalue weighted by molar-refractivity contribution is 0.410. The van der Waals surface area contributed by atoms with E-state index in [4.69, 9.17) is 16.6 Å². The number of rotatable bonds is 3. The van der Waals surface area contributed by atoms with E-state index in [1.807, 2.05) is 47.1 Å². The van der Waals surface area contributed by atoms with Crippen molar-refractivity contribution in [3.8, 4) is 11.3 Å². The van der Waals surface area contributed by atoms with Gasteiger partial charge in [-0.1, -0.05) is 12.1 Å². The van der Waals surface area contributed by atoms with Crippen molar-refractivity contribution in [3.63, 3.8) is 0 Å². The molecule has 0 spiro atoms. The first kappa shape index (κ1) is 15.0. The summed E-state index contributed by atoms with van der Waals surface area (Å²) < 4.78 is 1.88. The van der Waals surface area contributed by atoms with Crippen molar-refractivity contribution in [3.05, 3.63) is 42.6 Å². The molecule has 24 heavy (non-hydrogen) atoms. The van der Waals surface area contributed by atoms with Crippen molar-refractivity contribution in [1.82, 2.24) is 14.6 Å². The summed E-state index contributed by atoms with van der Waals surface area (Å²) in [5.74, 6) is 0.873. The van der Waals surface area contributed by atoms with Gasteiger partial charge in [-0.3, -0.25) is 0 Å². The Balaban J connectivity index is 1.62. The van der Waals surface area contributed by atoms with Gasteiger partial charge in [0.25, 0.3) is 0 Å². The van der Waals surface area contributed by atoms with Gasteiger partial charge in [-0.05, 0) is 49.9 Å². The number of nitrogens with zero attached hydrogens (tertiary/aromatic N) is 3. The second kappa shape index (κ2) is 6.13. The summed E-state index contributed by atoms with van der Waals surface area (Å²) in [4.78, 5) is 4.44. The molecule has 1 fully saturated rings. The average Bonchev–Trinajstić information content (AvgIpc) is 3.01. The minimum absolute atomic E-state index is 0.351. The predicted octanol–water partition coefficient (Wildman–Crippen LogP) is 2.66. The minimum atomic E-state index is 0.351. The zero-order valence-corrected chi connectivity index (χ0v) is 13.5. The van der Waals surface area contributed by atoms with Gasteiger partial charge < -0.3 is 16.8 Å². The van der Waals surface area contributed by atoms with Gasteiger partial charge in [0.1, 0.15) is 5.82 Å². The van der Waals surface area contributed by atoms with Crippen molar-refractivity contribution in [1.29, 1.82) is 0 Å². The van der Waals surface area contributed by atoms with Crippen molar-refractivity contribution in [2.24, 2.45) is 5.73 Å². The van der Waals surface area contributed by atoms with E-state index in [9.17, 15) is 0 Å². The standard InChI is InChI=1S/C18H22N6/c19-13-3-1-12(2-4-13)16-11-21-18-10-9-17(23-24(16)18)22-15-7-5-14(20)6-8-15/h1-4,9-11,14-15H,5-8,19-20H2,(H,22,23). The second-order valence-corrected chi connectivity index (χ2v) is 6.51. The van der Waals surface area contributed by atoms with Gasteiger partial charge in [0, 0.05) is 23.3 Å². The maximum absolute atomic E-state index is 5.98. The van der Waals surface area contributed by atoms with Gasteiger partial charge in [0.15, 0.2) is 5.65 Å². The van der Waals surface area contributed by atoms with Gasteiger partial charge in [-0.25, -0.2) is 9.50 Å². The summed E-state index contributed by atoms with van der Waals surface area (Å²) in [6.45, 7) is 0. The minimum Gasteiger partial charge on any atom is -0.399 e. The highest BCUT2D eigenvalue weighted by atomic mass is 15.3. The predicted molar refractivity (Wildman–Crippen MR) is 96.7 cm³/mol. The fraction of sp³-hybridized carbons (Fsp3) is 0.333. The Hall–Kier alpha value is -2.60. The Labute approximate surface area is 140 Å². The molecule has 0 radical (unpaired) electrons. The van der Waals surface area contributed by atoms with Crippen LogP contribution in [0.2, 0.25) is 0 Å². The summed E-state index contributed by atoms with van der Waals surface area (Å²) in [5.41, 5.74) is 15.3. The number of nitrogens with one attached hydrogen (secondary N) is 1. The van der Waals surface area contributed by atoms with Gasteiger partial charge in [-0.15, -0.1) is 5.10 Å². The molecule has 0 bridgehead atoms.